The molecule has 0 bridgehead atoms. The molecule has 6 aliphatic rings. The molecule has 18 N–H and O–H groups in total. The van der Waals surface area contributed by atoms with E-state index in [1.165, 1.54) is 6.07 Å². The van der Waals surface area contributed by atoms with Gasteiger partial charge in [0.25, 0.3) is 6.47 Å². The van der Waals surface area contributed by atoms with Crippen LogP contribution in [0.3, 0.4) is 0 Å². The Labute approximate surface area is 431 Å². The van der Waals surface area contributed by atoms with Gasteiger partial charge in [-0.05, 0) is 37.5 Å². The Hall–Kier alpha value is -2.89. The van der Waals surface area contributed by atoms with Crippen molar-refractivity contribution in [3.05, 3.63) is 53.4 Å². The van der Waals surface area contributed by atoms with Gasteiger partial charge in [-0.25, -0.2) is 4.39 Å². The van der Waals surface area contributed by atoms with Crippen LogP contribution >= 0.6 is 0 Å². The van der Waals surface area contributed by atoms with Crippen LogP contribution in [-0.2, 0) is 72.6 Å². The number of hydrogen-bond donors (Lipinski definition) is 12. The molecule has 29 heteroatoms. The van der Waals surface area contributed by atoms with E-state index in [0.29, 0.717) is 31.0 Å². The minimum absolute atomic E-state index is 0. The van der Waals surface area contributed by atoms with E-state index in [4.69, 9.17) is 67.6 Å². The fourth-order valence-electron chi connectivity index (χ4n) is 9.28. The van der Waals surface area contributed by atoms with E-state index < -0.39 is 121 Å². The van der Waals surface area contributed by atoms with Crippen LogP contribution < -0.4 is 49.5 Å². The van der Waals surface area contributed by atoms with Crippen LogP contribution in [0, 0.1) is 18.6 Å². The van der Waals surface area contributed by atoms with Gasteiger partial charge in [-0.15, -0.1) is 11.4 Å². The zero-order valence-electron chi connectivity index (χ0n) is 38.5. The Morgan fingerprint density at radius 2 is 1.44 bits per heavy atom. The van der Waals surface area contributed by atoms with Crippen LogP contribution in [-0.4, -0.2) is 211 Å². The van der Waals surface area contributed by atoms with Gasteiger partial charge in [0, 0.05) is 90.1 Å². The number of carbonyl (C=O) groups is 1. The van der Waals surface area contributed by atoms with Crippen molar-refractivity contribution in [2.24, 2.45) is 34.4 Å². The van der Waals surface area contributed by atoms with Crippen molar-refractivity contribution in [2.75, 3.05) is 44.2 Å². The van der Waals surface area contributed by atoms with E-state index in [1.54, 1.807) is 23.1 Å². The van der Waals surface area contributed by atoms with Crippen LogP contribution in [0.4, 0.5) is 10.1 Å². The van der Waals surface area contributed by atoms with Crippen molar-refractivity contribution in [3.8, 4) is 5.75 Å². The van der Waals surface area contributed by atoms with Gasteiger partial charge in [0.05, 0.1) is 47.6 Å². The van der Waals surface area contributed by atoms with E-state index >= 15 is 4.39 Å². The SMILES string of the molecule is NCC1O[C@H](O[C@@H]2C(N)C[C@@H](N)C(O)[C@H]2O[C@@H]2O[CH-][C@H](O[C@H]3O[C@@H](CN)[C@@H](O)C(O)C3N)C2O)C(N)[C@@H](O)[C@@H]1O.O=COc1cn(C2CC2)c2cc(N3CCN(Cn4c[c-]nn4)CC3)c(F)cc2c1=O.[Y]. The molecule has 2 aliphatic carbocycles. The normalized spacial score (nSPS) is 37.8. The maximum absolute atomic E-state index is 15.0. The summed E-state index contributed by atoms with van der Waals surface area (Å²) < 4.78 is 57.7. The topological polar surface area (TPSA) is 418 Å². The average molecular weight is 1080 g/mol. The number of aliphatic hydroxyl groups is 6. The number of nitrogens with zero attached hydrogens (tertiary/aromatic N) is 6. The monoisotopic (exact) mass is 1080 g/mol. The number of aliphatic hydroxyl groups excluding tert-OH is 6. The number of fused-ring (bicyclic) bond motifs is 1. The molecule has 0 amide bonds. The molecule has 9 rings (SSSR count). The molecule has 71 heavy (non-hydrogen) atoms. The van der Waals surface area contributed by atoms with Gasteiger partial charge in [0.15, 0.2) is 24.6 Å². The van der Waals surface area contributed by atoms with E-state index in [-0.39, 0.29) is 75.9 Å². The van der Waals surface area contributed by atoms with Gasteiger partial charge in [0.2, 0.25) is 5.43 Å². The minimum atomic E-state index is -1.48. The fourth-order valence-corrected chi connectivity index (χ4v) is 9.28. The van der Waals surface area contributed by atoms with Gasteiger partial charge in [-0.1, -0.05) is 0 Å². The van der Waals surface area contributed by atoms with Crippen LogP contribution in [0.15, 0.2) is 29.3 Å². The first-order valence-electron chi connectivity index (χ1n) is 23.0. The van der Waals surface area contributed by atoms with Crippen molar-refractivity contribution in [3.63, 3.8) is 0 Å². The summed E-state index contributed by atoms with van der Waals surface area (Å²) in [7, 11) is 0. The third-order valence-corrected chi connectivity index (χ3v) is 13.5. The van der Waals surface area contributed by atoms with Crippen molar-refractivity contribution in [2.45, 2.75) is 142 Å². The zero-order valence-corrected chi connectivity index (χ0v) is 41.3. The molecule has 4 aliphatic heterocycles. The van der Waals surface area contributed by atoms with Crippen molar-refractivity contribution < 1.29 is 106 Å². The maximum atomic E-state index is 15.0. The maximum Gasteiger partial charge on any atom is 0.298 e. The average Bonchev–Trinajstić information content (AvgIpc) is 3.97. The van der Waals surface area contributed by atoms with Crippen LogP contribution in [0.2, 0.25) is 0 Å². The molecular formula is C42H63FN12O15Y-2. The first-order valence-corrected chi connectivity index (χ1v) is 23.0. The molecule has 18 atom stereocenters. The summed E-state index contributed by atoms with van der Waals surface area (Å²) in [6, 6.07) is -0.741. The quantitative estimate of drug-likeness (QED) is 0.0527. The second-order valence-electron chi connectivity index (χ2n) is 18.3. The van der Waals surface area contributed by atoms with Crippen LogP contribution in [0.25, 0.3) is 10.9 Å². The summed E-state index contributed by atoms with van der Waals surface area (Å²) in [5.41, 5.74) is 36.2. The van der Waals surface area contributed by atoms with Crippen LogP contribution in [0.5, 0.6) is 5.75 Å². The van der Waals surface area contributed by atoms with E-state index in [0.717, 1.165) is 32.5 Å². The summed E-state index contributed by atoms with van der Waals surface area (Å²) in [4.78, 5) is 27.6. The molecule has 1 radical (unpaired) electrons. The summed E-state index contributed by atoms with van der Waals surface area (Å²) in [6.07, 6.45) is -9.74. The number of nitrogens with two attached hydrogens (primary N) is 6. The van der Waals surface area contributed by atoms with Gasteiger partial charge in [-0.2, -0.15) is 6.61 Å². The molecule has 3 aromatic rings. The summed E-state index contributed by atoms with van der Waals surface area (Å²) in [5.74, 6) is -0.528. The van der Waals surface area contributed by atoms with Gasteiger partial charge < -0.3 is 119 Å². The molecule has 2 saturated carbocycles. The number of rotatable bonds is 14. The van der Waals surface area contributed by atoms with E-state index in [1.807, 2.05) is 9.47 Å². The Balaban J connectivity index is 0.000000213. The first kappa shape index (κ1) is 55.9. The number of pyridine rings is 1. The number of anilines is 1. The van der Waals surface area contributed by atoms with E-state index in [2.05, 4.69) is 21.4 Å². The predicted octanol–water partition coefficient (Wildman–Crippen LogP) is -6.91. The first-order chi connectivity index (χ1) is 33.5. The molecule has 2 aromatic heterocycles. The minimum Gasteiger partial charge on any atom is -0.525 e. The van der Waals surface area contributed by atoms with Crippen LogP contribution in [0.1, 0.15) is 25.3 Å². The third kappa shape index (κ3) is 12.1. The summed E-state index contributed by atoms with van der Waals surface area (Å²) in [5, 5.41) is 70.4. The van der Waals surface area contributed by atoms with E-state index in [9.17, 15) is 40.2 Å². The molecule has 0 spiro atoms. The van der Waals surface area contributed by atoms with Crippen molar-refractivity contribution in [1.82, 2.24) is 24.5 Å². The number of ether oxygens (including phenoxy) is 7. The third-order valence-electron chi connectivity index (χ3n) is 13.5. The number of aromatic nitrogens is 4. The number of carbonyl (C=O) groups excluding carboxylic acids is 1. The largest absolute Gasteiger partial charge is 0.525 e. The Morgan fingerprint density at radius 3 is 2.01 bits per heavy atom. The summed E-state index contributed by atoms with van der Waals surface area (Å²) in [6.45, 7) is 4.51. The second-order valence-corrected chi connectivity index (χ2v) is 18.3. The number of piperazine rings is 1. The fraction of sp³-hybridized carbons (Fsp3) is 0.690. The molecule has 393 valence electrons. The van der Waals surface area contributed by atoms with Gasteiger partial charge >= 0.3 is 0 Å². The molecule has 7 unspecified atom stereocenters. The smallest absolute Gasteiger partial charge is 0.298 e. The molecule has 6 fully saturated rings. The Bertz CT molecular complexity index is 2270. The molecular weight excluding hydrogens is 1020 g/mol. The molecule has 6 heterocycles. The summed E-state index contributed by atoms with van der Waals surface area (Å²) >= 11 is 0. The Morgan fingerprint density at radius 1 is 0.817 bits per heavy atom. The van der Waals surface area contributed by atoms with Crippen molar-refractivity contribution in [1.29, 1.82) is 0 Å². The Kier molecular flexibility index (Phi) is 19.0. The standard InChI is InChI=1S/C22H43N6O12.C20H20FN6O3.Y/c23-2-7-13(30)16(33)10(27)20(36-7)38-9-4-35-22(15(9)32)40-19-12(29)5(25)1-6(26)18(19)39-21-11(28)17(34)14(31)8(3-24)37-21;21-16-9-15-17(27(14-1-2-14)11-19(20(15)29)30-13-28)10-18(16)25-7-5-24(6-8-25)12-26-4-3-22-23-26;/h4-22,29-34H,1-3,23-28H2;4,9-11,13-14H,1-2,5-8,12H2;/q2*-1;/t5-,6?,7+,8?,9+,10?,11?,12?,13-,14-,15?,16?,17-,18-,19-,20-,21-,22+;;/m1../s1. The van der Waals surface area contributed by atoms with Crippen molar-refractivity contribution >= 4 is 23.1 Å². The zero-order chi connectivity index (χ0) is 50.1. The van der Waals surface area contributed by atoms with Gasteiger partial charge in [0.1, 0.15) is 60.8 Å². The number of hydrogen-bond acceptors (Lipinski definition) is 25. The second kappa shape index (κ2) is 24.2. The van der Waals surface area contributed by atoms with Gasteiger partial charge in [-0.3, -0.25) is 19.2 Å². The number of benzene rings is 1. The molecule has 27 nitrogen and oxygen atoms in total. The molecule has 4 saturated heterocycles. The molecule has 1 aromatic carbocycles. The predicted molar refractivity (Wildman–Crippen MR) is 238 cm³/mol. The number of halogens is 1.